The number of carbonyl (C=O) groups is 2. The molecule has 3 rings (SSSR count). The molecule has 3 unspecified atom stereocenters. The monoisotopic (exact) mass is 330 g/mol. The van der Waals surface area contributed by atoms with Gasteiger partial charge in [0.2, 0.25) is 5.91 Å². The van der Waals surface area contributed by atoms with Crippen LogP contribution in [0.15, 0.2) is 24.3 Å². The Balaban J connectivity index is 1.95. The zero-order chi connectivity index (χ0) is 17.5. The van der Waals surface area contributed by atoms with E-state index in [-0.39, 0.29) is 23.8 Å². The van der Waals surface area contributed by atoms with Crippen LogP contribution in [0.1, 0.15) is 45.6 Å². The quantitative estimate of drug-likeness (QED) is 0.847. The number of anilines is 1. The molecule has 2 aliphatic heterocycles. The Labute approximate surface area is 143 Å². The SMILES string of the molecule is CCOC(=O)C1C2Nc3ccccc3C2CCN1C(=O)C(C)(C)C. The molecule has 1 amide bonds. The number of nitrogens with zero attached hydrogens (tertiary/aromatic N) is 1. The molecule has 1 N–H and O–H groups in total. The third kappa shape index (κ3) is 2.76. The van der Waals surface area contributed by atoms with Crippen molar-refractivity contribution in [3.63, 3.8) is 0 Å². The Bertz CT molecular complexity index is 650. The van der Waals surface area contributed by atoms with Gasteiger partial charge in [-0.05, 0) is 25.0 Å². The zero-order valence-corrected chi connectivity index (χ0v) is 14.8. The molecule has 1 aromatic carbocycles. The smallest absolute Gasteiger partial charge is 0.331 e. The van der Waals surface area contributed by atoms with Crippen LogP contribution in [0.3, 0.4) is 0 Å². The Kier molecular flexibility index (Phi) is 4.28. The number of likely N-dealkylation sites (tertiary alicyclic amines) is 1. The first-order chi connectivity index (χ1) is 11.3. The summed E-state index contributed by atoms with van der Waals surface area (Å²) < 4.78 is 5.31. The lowest BCUT2D eigenvalue weighted by molar-refractivity contribution is -0.160. The van der Waals surface area contributed by atoms with Gasteiger partial charge in [0.1, 0.15) is 0 Å². The lowest BCUT2D eigenvalue weighted by atomic mass is 9.82. The molecule has 0 saturated carbocycles. The average Bonchev–Trinajstić information content (AvgIpc) is 2.91. The van der Waals surface area contributed by atoms with Crippen LogP contribution in [0.25, 0.3) is 0 Å². The molecule has 5 heteroatoms. The molecule has 1 aromatic rings. The first-order valence-electron chi connectivity index (χ1n) is 8.67. The van der Waals surface area contributed by atoms with Crippen molar-refractivity contribution in [2.45, 2.75) is 52.1 Å². The van der Waals surface area contributed by atoms with E-state index in [2.05, 4.69) is 11.4 Å². The minimum absolute atomic E-state index is 0.00300. The summed E-state index contributed by atoms with van der Waals surface area (Å²) in [6, 6.07) is 7.45. The highest BCUT2D eigenvalue weighted by atomic mass is 16.5. The zero-order valence-electron chi connectivity index (χ0n) is 14.8. The van der Waals surface area contributed by atoms with E-state index in [4.69, 9.17) is 4.74 Å². The lowest BCUT2D eigenvalue weighted by Gasteiger charge is -2.43. The Morgan fingerprint density at radius 2 is 2.00 bits per heavy atom. The summed E-state index contributed by atoms with van der Waals surface area (Å²) in [7, 11) is 0. The highest BCUT2D eigenvalue weighted by molar-refractivity contribution is 5.89. The molecule has 0 bridgehead atoms. The van der Waals surface area contributed by atoms with Crippen molar-refractivity contribution in [1.82, 2.24) is 4.90 Å². The third-order valence-electron chi connectivity index (χ3n) is 4.90. The van der Waals surface area contributed by atoms with Gasteiger partial charge >= 0.3 is 5.97 Å². The minimum Gasteiger partial charge on any atom is -0.464 e. The molecule has 0 radical (unpaired) electrons. The van der Waals surface area contributed by atoms with Crippen LogP contribution in [0.2, 0.25) is 0 Å². The molecular weight excluding hydrogens is 304 g/mol. The van der Waals surface area contributed by atoms with Crippen molar-refractivity contribution >= 4 is 17.6 Å². The van der Waals surface area contributed by atoms with E-state index in [0.29, 0.717) is 13.2 Å². The fourth-order valence-corrected chi connectivity index (χ4v) is 3.83. The highest BCUT2D eigenvalue weighted by Gasteiger charge is 2.50. The summed E-state index contributed by atoms with van der Waals surface area (Å²) in [6.45, 7) is 8.36. The van der Waals surface area contributed by atoms with Crippen LogP contribution in [0.5, 0.6) is 0 Å². The molecule has 1 saturated heterocycles. The maximum absolute atomic E-state index is 12.9. The van der Waals surface area contributed by atoms with Gasteiger partial charge in [0.25, 0.3) is 0 Å². The van der Waals surface area contributed by atoms with E-state index in [9.17, 15) is 9.59 Å². The Hall–Kier alpha value is -2.04. The van der Waals surface area contributed by atoms with Crippen LogP contribution < -0.4 is 5.32 Å². The number of ether oxygens (including phenoxy) is 1. The van der Waals surface area contributed by atoms with Crippen LogP contribution in [-0.4, -0.2) is 42.0 Å². The Morgan fingerprint density at radius 1 is 1.29 bits per heavy atom. The first-order valence-corrected chi connectivity index (χ1v) is 8.67. The average molecular weight is 330 g/mol. The number of amides is 1. The van der Waals surface area contributed by atoms with Gasteiger partial charge in [0, 0.05) is 23.6 Å². The second-order valence-corrected chi connectivity index (χ2v) is 7.60. The summed E-state index contributed by atoms with van der Waals surface area (Å²) in [4.78, 5) is 27.3. The maximum atomic E-state index is 12.9. The second-order valence-electron chi connectivity index (χ2n) is 7.60. The van der Waals surface area contributed by atoms with E-state index >= 15 is 0 Å². The number of fused-ring (bicyclic) bond motifs is 3. The van der Waals surface area contributed by atoms with Crippen LogP contribution in [-0.2, 0) is 14.3 Å². The normalized spacial score (nSPS) is 25.5. The van der Waals surface area contributed by atoms with E-state index < -0.39 is 11.5 Å². The summed E-state index contributed by atoms with van der Waals surface area (Å²) in [6.07, 6.45) is 0.854. The fourth-order valence-electron chi connectivity index (χ4n) is 3.83. The van der Waals surface area contributed by atoms with Crippen molar-refractivity contribution in [3.8, 4) is 0 Å². The number of para-hydroxylation sites is 1. The number of hydrogen-bond acceptors (Lipinski definition) is 4. The van der Waals surface area contributed by atoms with Crippen molar-refractivity contribution in [2.75, 3.05) is 18.5 Å². The molecule has 24 heavy (non-hydrogen) atoms. The molecule has 130 valence electrons. The molecule has 5 nitrogen and oxygen atoms in total. The van der Waals surface area contributed by atoms with Gasteiger partial charge in [-0.25, -0.2) is 4.79 Å². The standard InChI is InChI=1S/C19H26N2O3/c1-5-24-17(22)16-15-13(12-8-6-7-9-14(12)20-15)10-11-21(16)18(23)19(2,3)4/h6-9,13,15-16,20H,5,10-11H2,1-4H3. The topological polar surface area (TPSA) is 58.6 Å². The second kappa shape index (κ2) is 6.11. The molecule has 0 aromatic heterocycles. The predicted octanol–water partition coefficient (Wildman–Crippen LogP) is 2.77. The molecule has 0 spiro atoms. The highest BCUT2D eigenvalue weighted by Crippen LogP contribution is 2.43. The fraction of sp³-hybridized carbons (Fsp3) is 0.579. The number of piperidine rings is 1. The van der Waals surface area contributed by atoms with Crippen LogP contribution in [0.4, 0.5) is 5.69 Å². The van der Waals surface area contributed by atoms with Gasteiger partial charge in [-0.2, -0.15) is 0 Å². The molecule has 0 aliphatic carbocycles. The van der Waals surface area contributed by atoms with Gasteiger partial charge < -0.3 is 15.0 Å². The lowest BCUT2D eigenvalue weighted by Crippen LogP contribution is -2.60. The maximum Gasteiger partial charge on any atom is 0.331 e. The first kappa shape index (κ1) is 16.8. The van der Waals surface area contributed by atoms with Gasteiger partial charge in [-0.15, -0.1) is 0 Å². The van der Waals surface area contributed by atoms with E-state index in [1.165, 1.54) is 5.56 Å². The Morgan fingerprint density at radius 3 is 2.67 bits per heavy atom. The molecule has 1 fully saturated rings. The van der Waals surface area contributed by atoms with Gasteiger partial charge in [-0.1, -0.05) is 39.0 Å². The van der Waals surface area contributed by atoms with E-state index in [1.807, 2.05) is 39.0 Å². The number of benzene rings is 1. The van der Waals surface area contributed by atoms with Crippen molar-refractivity contribution in [3.05, 3.63) is 29.8 Å². The van der Waals surface area contributed by atoms with Crippen LogP contribution in [0, 0.1) is 5.41 Å². The molecule has 2 heterocycles. The van der Waals surface area contributed by atoms with Gasteiger partial charge in [-0.3, -0.25) is 4.79 Å². The number of rotatable bonds is 2. The molecular formula is C19H26N2O3. The summed E-state index contributed by atoms with van der Waals surface area (Å²) >= 11 is 0. The van der Waals surface area contributed by atoms with Crippen molar-refractivity contribution in [1.29, 1.82) is 0 Å². The number of nitrogens with one attached hydrogen (secondary N) is 1. The number of esters is 1. The molecule has 3 atom stereocenters. The number of carbonyl (C=O) groups excluding carboxylic acids is 2. The van der Waals surface area contributed by atoms with Gasteiger partial charge in [0.15, 0.2) is 6.04 Å². The predicted molar refractivity (Wildman–Crippen MR) is 92.8 cm³/mol. The minimum atomic E-state index is -0.581. The summed E-state index contributed by atoms with van der Waals surface area (Å²) in [5.74, 6) is -0.0820. The number of hydrogen-bond donors (Lipinski definition) is 1. The van der Waals surface area contributed by atoms with Gasteiger partial charge in [0.05, 0.1) is 12.6 Å². The summed E-state index contributed by atoms with van der Waals surface area (Å²) in [5.41, 5.74) is 1.77. The summed E-state index contributed by atoms with van der Waals surface area (Å²) in [5, 5.41) is 3.47. The third-order valence-corrected chi connectivity index (χ3v) is 4.90. The molecule has 2 aliphatic rings. The van der Waals surface area contributed by atoms with E-state index in [0.717, 1.165) is 12.1 Å². The van der Waals surface area contributed by atoms with Crippen molar-refractivity contribution in [2.24, 2.45) is 5.41 Å². The van der Waals surface area contributed by atoms with Crippen molar-refractivity contribution < 1.29 is 14.3 Å². The largest absolute Gasteiger partial charge is 0.464 e. The van der Waals surface area contributed by atoms with E-state index in [1.54, 1.807) is 11.8 Å². The van der Waals surface area contributed by atoms with Crippen LogP contribution >= 0.6 is 0 Å².